The third kappa shape index (κ3) is 2.47. The number of nitrogens with one attached hydrogen (secondary N) is 2. The van der Waals surface area contributed by atoms with Gasteiger partial charge >= 0.3 is 0 Å². The van der Waals surface area contributed by atoms with E-state index in [0.717, 1.165) is 16.8 Å². The minimum Gasteiger partial charge on any atom is -0.472 e. The number of aromatic amines is 1. The summed E-state index contributed by atoms with van der Waals surface area (Å²) in [5.41, 5.74) is 3.40. The van der Waals surface area contributed by atoms with Crippen LogP contribution in [0, 0.1) is 0 Å². The summed E-state index contributed by atoms with van der Waals surface area (Å²) in [4.78, 5) is 11.8. The Hall–Kier alpha value is -2.82. The zero-order valence-electron chi connectivity index (χ0n) is 10.7. The first-order valence-electron chi connectivity index (χ1n) is 6.22. The molecule has 0 radical (unpaired) electrons. The van der Waals surface area contributed by atoms with Crippen LogP contribution in [0.5, 0.6) is 0 Å². The Morgan fingerprint density at radius 2 is 2.10 bits per heavy atom. The van der Waals surface area contributed by atoms with E-state index in [4.69, 9.17) is 4.42 Å². The van der Waals surface area contributed by atoms with E-state index in [1.807, 2.05) is 30.3 Å². The molecule has 2 N–H and O–H groups in total. The fourth-order valence-electron chi connectivity index (χ4n) is 1.97. The molecule has 5 nitrogen and oxygen atoms in total. The second-order valence-corrected chi connectivity index (χ2v) is 4.33. The van der Waals surface area contributed by atoms with Crippen LogP contribution in [0.3, 0.4) is 0 Å². The SMILES string of the molecule is O=C(NCc1cn[nH]c1-c1ccccc1)c1ccoc1. The molecule has 0 aliphatic carbocycles. The molecule has 2 heterocycles. The van der Waals surface area contributed by atoms with Gasteiger partial charge in [0.1, 0.15) is 6.26 Å². The van der Waals surface area contributed by atoms with Crippen LogP contribution in [0.15, 0.2) is 59.5 Å². The first-order valence-corrected chi connectivity index (χ1v) is 6.22. The van der Waals surface area contributed by atoms with Gasteiger partial charge in [-0.15, -0.1) is 0 Å². The van der Waals surface area contributed by atoms with Gasteiger partial charge in [0.05, 0.1) is 23.7 Å². The number of amides is 1. The Kier molecular flexibility index (Phi) is 3.33. The Balaban J connectivity index is 1.73. The monoisotopic (exact) mass is 267 g/mol. The average Bonchev–Trinajstić information content (AvgIpc) is 3.17. The van der Waals surface area contributed by atoms with Gasteiger partial charge in [-0.1, -0.05) is 30.3 Å². The van der Waals surface area contributed by atoms with Crippen LogP contribution in [-0.4, -0.2) is 16.1 Å². The molecule has 0 bridgehead atoms. The van der Waals surface area contributed by atoms with Crippen molar-refractivity contribution in [2.45, 2.75) is 6.54 Å². The summed E-state index contributed by atoms with van der Waals surface area (Å²) in [6.45, 7) is 0.407. The van der Waals surface area contributed by atoms with Crippen molar-refractivity contribution < 1.29 is 9.21 Å². The number of carbonyl (C=O) groups excluding carboxylic acids is 1. The number of H-pyrrole nitrogens is 1. The highest BCUT2D eigenvalue weighted by molar-refractivity contribution is 5.93. The molecule has 100 valence electrons. The molecular weight excluding hydrogens is 254 g/mol. The molecule has 0 aliphatic heterocycles. The molecule has 0 fully saturated rings. The van der Waals surface area contributed by atoms with E-state index < -0.39 is 0 Å². The molecule has 0 unspecified atom stereocenters. The number of carbonyl (C=O) groups is 1. The summed E-state index contributed by atoms with van der Waals surface area (Å²) in [5.74, 6) is -0.168. The Bertz CT molecular complexity index is 687. The van der Waals surface area contributed by atoms with Gasteiger partial charge in [0.2, 0.25) is 0 Å². The van der Waals surface area contributed by atoms with Crippen LogP contribution in [0.2, 0.25) is 0 Å². The molecule has 0 saturated heterocycles. The maximum absolute atomic E-state index is 11.8. The number of nitrogens with zero attached hydrogens (tertiary/aromatic N) is 1. The fraction of sp³-hybridized carbons (Fsp3) is 0.0667. The standard InChI is InChI=1S/C15H13N3O2/c19-15(12-6-7-20-10-12)16-8-13-9-17-18-14(13)11-4-2-1-3-5-11/h1-7,9-10H,8H2,(H,16,19)(H,17,18). The zero-order chi connectivity index (χ0) is 13.8. The third-order valence-electron chi connectivity index (χ3n) is 3.00. The van der Waals surface area contributed by atoms with Crippen molar-refractivity contribution >= 4 is 5.91 Å². The lowest BCUT2D eigenvalue weighted by atomic mass is 10.1. The second-order valence-electron chi connectivity index (χ2n) is 4.33. The van der Waals surface area contributed by atoms with E-state index in [0.29, 0.717) is 12.1 Å². The number of benzene rings is 1. The molecule has 1 amide bonds. The molecule has 0 spiro atoms. The van der Waals surface area contributed by atoms with Crippen LogP contribution in [0.1, 0.15) is 15.9 Å². The first kappa shape index (κ1) is 12.2. The van der Waals surface area contributed by atoms with Gasteiger partial charge in [0.25, 0.3) is 5.91 Å². The van der Waals surface area contributed by atoms with Crippen molar-refractivity contribution in [3.05, 3.63) is 66.2 Å². The maximum Gasteiger partial charge on any atom is 0.254 e. The molecule has 3 rings (SSSR count). The van der Waals surface area contributed by atoms with E-state index in [9.17, 15) is 4.79 Å². The number of furan rings is 1. The quantitative estimate of drug-likeness (QED) is 0.763. The van der Waals surface area contributed by atoms with Crippen LogP contribution in [0.4, 0.5) is 0 Å². The number of rotatable bonds is 4. The van der Waals surface area contributed by atoms with Crippen molar-refractivity contribution in [2.75, 3.05) is 0 Å². The molecule has 0 aliphatic rings. The van der Waals surface area contributed by atoms with Crippen LogP contribution in [0.25, 0.3) is 11.3 Å². The van der Waals surface area contributed by atoms with Crippen molar-refractivity contribution in [1.82, 2.24) is 15.5 Å². The topological polar surface area (TPSA) is 70.9 Å². The second kappa shape index (κ2) is 5.44. The summed E-state index contributed by atoms with van der Waals surface area (Å²) < 4.78 is 4.89. The Morgan fingerprint density at radius 3 is 2.85 bits per heavy atom. The normalized spacial score (nSPS) is 10.4. The largest absolute Gasteiger partial charge is 0.472 e. The Morgan fingerprint density at radius 1 is 1.25 bits per heavy atom. The van der Waals surface area contributed by atoms with E-state index in [2.05, 4.69) is 15.5 Å². The zero-order valence-corrected chi connectivity index (χ0v) is 10.7. The third-order valence-corrected chi connectivity index (χ3v) is 3.00. The highest BCUT2D eigenvalue weighted by Crippen LogP contribution is 2.20. The molecule has 5 heteroatoms. The summed E-state index contributed by atoms with van der Waals surface area (Å²) in [6.07, 6.45) is 4.61. The number of aromatic nitrogens is 2. The maximum atomic E-state index is 11.8. The molecule has 0 saturated carbocycles. The molecule has 2 aromatic heterocycles. The van der Waals surface area contributed by atoms with Crippen molar-refractivity contribution in [3.63, 3.8) is 0 Å². The minimum absolute atomic E-state index is 0.168. The molecule has 1 aromatic carbocycles. The van der Waals surface area contributed by atoms with Crippen LogP contribution < -0.4 is 5.32 Å². The average molecular weight is 267 g/mol. The van der Waals surface area contributed by atoms with Gasteiger partial charge < -0.3 is 9.73 Å². The van der Waals surface area contributed by atoms with Crippen molar-refractivity contribution in [2.24, 2.45) is 0 Å². The summed E-state index contributed by atoms with van der Waals surface area (Å²) in [7, 11) is 0. The minimum atomic E-state index is -0.168. The number of hydrogen-bond acceptors (Lipinski definition) is 3. The van der Waals surface area contributed by atoms with Crippen LogP contribution in [-0.2, 0) is 6.54 Å². The van der Waals surface area contributed by atoms with Gasteiger partial charge in [-0.3, -0.25) is 9.89 Å². The van der Waals surface area contributed by atoms with E-state index in [1.165, 1.54) is 12.5 Å². The lowest BCUT2D eigenvalue weighted by Crippen LogP contribution is -2.22. The fourth-order valence-corrected chi connectivity index (χ4v) is 1.97. The van der Waals surface area contributed by atoms with E-state index >= 15 is 0 Å². The summed E-state index contributed by atoms with van der Waals surface area (Å²) >= 11 is 0. The predicted octanol–water partition coefficient (Wildman–Crippen LogP) is 2.60. The smallest absolute Gasteiger partial charge is 0.254 e. The lowest BCUT2D eigenvalue weighted by molar-refractivity contribution is 0.0950. The van der Waals surface area contributed by atoms with Gasteiger partial charge in [0, 0.05) is 12.1 Å². The van der Waals surface area contributed by atoms with Gasteiger partial charge in [0.15, 0.2) is 0 Å². The highest BCUT2D eigenvalue weighted by Gasteiger charge is 2.10. The first-order chi connectivity index (χ1) is 9.84. The Labute approximate surface area is 115 Å². The van der Waals surface area contributed by atoms with Gasteiger partial charge in [-0.25, -0.2) is 0 Å². The number of hydrogen-bond donors (Lipinski definition) is 2. The molecule has 0 atom stereocenters. The van der Waals surface area contributed by atoms with Gasteiger partial charge in [-0.05, 0) is 11.6 Å². The van der Waals surface area contributed by atoms with Crippen molar-refractivity contribution in [1.29, 1.82) is 0 Å². The predicted molar refractivity (Wildman–Crippen MR) is 73.9 cm³/mol. The van der Waals surface area contributed by atoms with Gasteiger partial charge in [-0.2, -0.15) is 5.10 Å². The molecule has 20 heavy (non-hydrogen) atoms. The molecule has 3 aromatic rings. The van der Waals surface area contributed by atoms with Crippen molar-refractivity contribution in [3.8, 4) is 11.3 Å². The molecular formula is C15H13N3O2. The van der Waals surface area contributed by atoms with E-state index in [1.54, 1.807) is 12.3 Å². The van der Waals surface area contributed by atoms with Crippen LogP contribution >= 0.6 is 0 Å². The lowest BCUT2D eigenvalue weighted by Gasteiger charge is -2.05. The van der Waals surface area contributed by atoms with E-state index in [-0.39, 0.29) is 5.91 Å². The summed E-state index contributed by atoms with van der Waals surface area (Å²) in [5, 5.41) is 9.84. The highest BCUT2D eigenvalue weighted by atomic mass is 16.3. The summed E-state index contributed by atoms with van der Waals surface area (Å²) in [6, 6.07) is 11.5.